The topological polar surface area (TPSA) is 12.0 Å². The maximum absolute atomic E-state index is 6.05. The minimum Gasteiger partial charge on any atom is -0.316 e. The van der Waals surface area contributed by atoms with Crippen molar-refractivity contribution in [2.75, 3.05) is 13.1 Å². The lowest BCUT2D eigenvalue weighted by Crippen LogP contribution is -2.43. The fourth-order valence-corrected chi connectivity index (χ4v) is 1.98. The van der Waals surface area contributed by atoms with Gasteiger partial charge in [-0.3, -0.25) is 0 Å². The van der Waals surface area contributed by atoms with Gasteiger partial charge in [0.1, 0.15) is 0 Å². The van der Waals surface area contributed by atoms with Crippen LogP contribution in [0, 0.1) is 5.92 Å². The van der Waals surface area contributed by atoms with E-state index in [-0.39, 0.29) is 0 Å². The fourth-order valence-electron chi connectivity index (χ4n) is 1.49. The molecule has 1 fully saturated rings. The van der Waals surface area contributed by atoms with E-state index in [9.17, 15) is 0 Å². The first-order valence-corrected chi connectivity index (χ1v) is 5.16. The molecule has 1 aromatic carbocycles. The number of nitrogens with one attached hydrogen (secondary N) is 1. The number of rotatable bonds is 2. The molecule has 0 saturated carbocycles. The van der Waals surface area contributed by atoms with E-state index in [0.717, 1.165) is 30.5 Å². The molecule has 0 bridgehead atoms. The van der Waals surface area contributed by atoms with Crippen molar-refractivity contribution in [2.45, 2.75) is 6.42 Å². The zero-order valence-corrected chi connectivity index (χ0v) is 8.70. The standard InChI is InChI=1S/C10H11Cl2N/c11-9-2-1-8(10(12)4-9)3-7-5-13-6-7/h1-2,4,7,13H,3,5-6H2. The summed E-state index contributed by atoms with van der Waals surface area (Å²) < 4.78 is 0. The van der Waals surface area contributed by atoms with Gasteiger partial charge in [0.05, 0.1) is 0 Å². The van der Waals surface area contributed by atoms with Crippen LogP contribution in [0.25, 0.3) is 0 Å². The van der Waals surface area contributed by atoms with Crippen LogP contribution < -0.4 is 5.32 Å². The molecular weight excluding hydrogens is 205 g/mol. The zero-order chi connectivity index (χ0) is 9.26. The Morgan fingerprint density at radius 3 is 2.62 bits per heavy atom. The van der Waals surface area contributed by atoms with Crippen molar-refractivity contribution in [1.29, 1.82) is 0 Å². The molecule has 3 heteroatoms. The Bertz CT molecular complexity index is 308. The van der Waals surface area contributed by atoms with E-state index in [1.54, 1.807) is 0 Å². The van der Waals surface area contributed by atoms with Crippen LogP contribution >= 0.6 is 23.2 Å². The summed E-state index contributed by atoms with van der Waals surface area (Å²) >= 11 is 11.9. The molecule has 1 heterocycles. The lowest BCUT2D eigenvalue weighted by molar-refractivity contribution is 0.346. The van der Waals surface area contributed by atoms with Gasteiger partial charge < -0.3 is 5.32 Å². The van der Waals surface area contributed by atoms with Crippen LogP contribution in [0.1, 0.15) is 5.56 Å². The average Bonchev–Trinajstić information content (AvgIpc) is 1.99. The largest absolute Gasteiger partial charge is 0.316 e. The number of hydrogen-bond donors (Lipinski definition) is 1. The predicted octanol–water partition coefficient (Wildman–Crippen LogP) is 2.76. The van der Waals surface area contributed by atoms with Gasteiger partial charge in [-0.25, -0.2) is 0 Å². The van der Waals surface area contributed by atoms with E-state index in [0.29, 0.717) is 5.02 Å². The molecular formula is C10H11Cl2N. The Labute approximate surface area is 88.0 Å². The van der Waals surface area contributed by atoms with Crippen LogP contribution in [0.3, 0.4) is 0 Å². The average molecular weight is 216 g/mol. The highest BCUT2D eigenvalue weighted by atomic mass is 35.5. The molecule has 0 aromatic heterocycles. The van der Waals surface area contributed by atoms with Crippen molar-refractivity contribution in [3.63, 3.8) is 0 Å². The summed E-state index contributed by atoms with van der Waals surface area (Å²) in [6.45, 7) is 2.22. The normalized spacial score (nSPS) is 17.1. The number of benzene rings is 1. The molecule has 0 amide bonds. The second-order valence-electron chi connectivity index (χ2n) is 3.46. The van der Waals surface area contributed by atoms with Gasteiger partial charge in [0.15, 0.2) is 0 Å². The van der Waals surface area contributed by atoms with E-state index in [2.05, 4.69) is 5.32 Å². The van der Waals surface area contributed by atoms with Crippen LogP contribution in [-0.4, -0.2) is 13.1 Å². The maximum atomic E-state index is 6.05. The van der Waals surface area contributed by atoms with E-state index >= 15 is 0 Å². The molecule has 1 aromatic rings. The van der Waals surface area contributed by atoms with Gasteiger partial charge in [0.25, 0.3) is 0 Å². The molecule has 13 heavy (non-hydrogen) atoms. The maximum Gasteiger partial charge on any atom is 0.0452 e. The molecule has 0 aliphatic carbocycles. The third kappa shape index (κ3) is 2.16. The number of halogens is 2. The molecule has 1 aliphatic rings. The minimum atomic E-state index is 0.709. The van der Waals surface area contributed by atoms with E-state index < -0.39 is 0 Å². The molecule has 0 spiro atoms. The molecule has 1 aliphatic heterocycles. The van der Waals surface area contributed by atoms with E-state index in [1.165, 1.54) is 5.56 Å². The summed E-state index contributed by atoms with van der Waals surface area (Å²) in [7, 11) is 0. The quantitative estimate of drug-likeness (QED) is 0.801. The highest BCUT2D eigenvalue weighted by Crippen LogP contribution is 2.24. The van der Waals surface area contributed by atoms with E-state index in [1.807, 2.05) is 18.2 Å². The molecule has 0 radical (unpaired) electrons. The Hall–Kier alpha value is -0.240. The lowest BCUT2D eigenvalue weighted by Gasteiger charge is -2.27. The van der Waals surface area contributed by atoms with Gasteiger partial charge in [0, 0.05) is 10.0 Å². The van der Waals surface area contributed by atoms with Crippen LogP contribution in [-0.2, 0) is 6.42 Å². The third-order valence-corrected chi connectivity index (χ3v) is 2.98. The van der Waals surface area contributed by atoms with Crippen molar-refractivity contribution < 1.29 is 0 Å². The highest BCUT2D eigenvalue weighted by Gasteiger charge is 2.17. The second-order valence-corrected chi connectivity index (χ2v) is 4.31. The first-order valence-electron chi connectivity index (χ1n) is 4.40. The monoisotopic (exact) mass is 215 g/mol. The third-order valence-electron chi connectivity index (χ3n) is 2.39. The van der Waals surface area contributed by atoms with Gasteiger partial charge in [-0.1, -0.05) is 29.3 Å². The van der Waals surface area contributed by atoms with Gasteiger partial charge in [-0.15, -0.1) is 0 Å². The first kappa shape index (κ1) is 9.32. The molecule has 0 unspecified atom stereocenters. The zero-order valence-electron chi connectivity index (χ0n) is 7.19. The first-order chi connectivity index (χ1) is 6.25. The highest BCUT2D eigenvalue weighted by molar-refractivity contribution is 6.35. The summed E-state index contributed by atoms with van der Waals surface area (Å²) in [6.07, 6.45) is 1.06. The summed E-state index contributed by atoms with van der Waals surface area (Å²) in [4.78, 5) is 0. The lowest BCUT2D eigenvalue weighted by atomic mass is 9.94. The Morgan fingerprint density at radius 1 is 1.31 bits per heavy atom. The summed E-state index contributed by atoms with van der Waals surface area (Å²) in [6, 6.07) is 5.72. The molecule has 0 atom stereocenters. The van der Waals surface area contributed by atoms with Crippen molar-refractivity contribution in [3.05, 3.63) is 33.8 Å². The summed E-state index contributed by atoms with van der Waals surface area (Å²) in [5.41, 5.74) is 1.21. The van der Waals surface area contributed by atoms with Crippen LogP contribution in [0.4, 0.5) is 0 Å². The predicted molar refractivity (Wildman–Crippen MR) is 56.5 cm³/mol. The molecule has 70 valence electrons. The molecule has 1 nitrogen and oxygen atoms in total. The summed E-state index contributed by atoms with van der Waals surface area (Å²) in [5.74, 6) is 0.749. The van der Waals surface area contributed by atoms with Crippen molar-refractivity contribution in [2.24, 2.45) is 5.92 Å². The SMILES string of the molecule is Clc1ccc(CC2CNC2)c(Cl)c1. The van der Waals surface area contributed by atoms with Crippen LogP contribution in [0.15, 0.2) is 18.2 Å². The minimum absolute atomic E-state index is 0.709. The van der Waals surface area contributed by atoms with Gasteiger partial charge in [0.2, 0.25) is 0 Å². The molecule has 1 N–H and O–H groups in total. The van der Waals surface area contributed by atoms with Crippen molar-refractivity contribution >= 4 is 23.2 Å². The fraction of sp³-hybridized carbons (Fsp3) is 0.400. The second kappa shape index (κ2) is 3.87. The van der Waals surface area contributed by atoms with Crippen LogP contribution in [0.5, 0.6) is 0 Å². The van der Waals surface area contributed by atoms with Crippen LogP contribution in [0.2, 0.25) is 10.0 Å². The van der Waals surface area contributed by atoms with Crippen molar-refractivity contribution in [3.8, 4) is 0 Å². The molecule has 2 rings (SSSR count). The Balaban J connectivity index is 2.10. The Morgan fingerprint density at radius 2 is 2.08 bits per heavy atom. The summed E-state index contributed by atoms with van der Waals surface area (Å²) in [5, 5.41) is 4.74. The van der Waals surface area contributed by atoms with Gasteiger partial charge in [-0.2, -0.15) is 0 Å². The molecule has 1 saturated heterocycles. The number of hydrogen-bond acceptors (Lipinski definition) is 1. The van der Waals surface area contributed by atoms with Crippen molar-refractivity contribution in [1.82, 2.24) is 5.32 Å². The Kier molecular flexibility index (Phi) is 2.77. The smallest absolute Gasteiger partial charge is 0.0452 e. The van der Waals surface area contributed by atoms with Gasteiger partial charge >= 0.3 is 0 Å². The van der Waals surface area contributed by atoms with E-state index in [4.69, 9.17) is 23.2 Å². The van der Waals surface area contributed by atoms with Gasteiger partial charge in [-0.05, 0) is 43.1 Å².